The summed E-state index contributed by atoms with van der Waals surface area (Å²) in [5.41, 5.74) is 2.18. The number of aliphatic hydroxyl groups is 1. The van der Waals surface area contributed by atoms with Crippen LogP contribution in [0.25, 0.3) is 11.0 Å². The molecule has 0 aliphatic heterocycles. The van der Waals surface area contributed by atoms with Crippen LogP contribution in [0, 0.1) is 6.92 Å². The molecule has 2 unspecified atom stereocenters. The molecule has 3 heterocycles. The van der Waals surface area contributed by atoms with E-state index < -0.39 is 15.6 Å². The van der Waals surface area contributed by atoms with E-state index in [1.165, 1.54) is 10.2 Å². The van der Waals surface area contributed by atoms with Crippen molar-refractivity contribution in [3.05, 3.63) is 54.0 Å². The fourth-order valence-electron chi connectivity index (χ4n) is 5.40. The Morgan fingerprint density at radius 3 is 2.58 bits per heavy atom. The van der Waals surface area contributed by atoms with Crippen LogP contribution in [-0.4, -0.2) is 49.5 Å². The lowest BCUT2D eigenvalue weighted by molar-refractivity contribution is 0.0211. The highest BCUT2D eigenvalue weighted by Gasteiger charge is 2.42. The van der Waals surface area contributed by atoms with E-state index in [2.05, 4.69) is 20.4 Å². The molecule has 2 fully saturated rings. The zero-order chi connectivity index (χ0) is 26.7. The first-order valence-electron chi connectivity index (χ1n) is 13.1. The third-order valence-corrected chi connectivity index (χ3v) is 9.23. The van der Waals surface area contributed by atoms with Gasteiger partial charge in [0.15, 0.2) is 5.65 Å². The van der Waals surface area contributed by atoms with Crippen LogP contribution in [0.1, 0.15) is 69.2 Å². The number of aryl methyl sites for hydroxylation is 1. The third-order valence-electron chi connectivity index (χ3n) is 7.55. The van der Waals surface area contributed by atoms with Crippen molar-refractivity contribution in [2.45, 2.75) is 75.3 Å². The van der Waals surface area contributed by atoms with Crippen molar-refractivity contribution in [2.24, 2.45) is 0 Å². The Kier molecular flexibility index (Phi) is 5.95. The number of ether oxygens (including phenoxy) is 1. The van der Waals surface area contributed by atoms with Gasteiger partial charge in [-0.25, -0.2) is 12.4 Å². The first kappa shape index (κ1) is 24.9. The molecule has 0 radical (unpaired) electrons. The number of rotatable bonds is 8. The van der Waals surface area contributed by atoms with Crippen molar-refractivity contribution < 1.29 is 18.3 Å². The first-order chi connectivity index (χ1) is 18.2. The second-order valence-electron chi connectivity index (χ2n) is 10.5. The second-order valence-corrected chi connectivity index (χ2v) is 12.3. The van der Waals surface area contributed by atoms with Crippen LogP contribution < -0.4 is 10.1 Å². The van der Waals surface area contributed by atoms with Gasteiger partial charge < -0.3 is 15.2 Å². The zero-order valence-corrected chi connectivity index (χ0v) is 22.6. The summed E-state index contributed by atoms with van der Waals surface area (Å²) in [4.78, 5) is 9.39. The molecule has 2 atom stereocenters. The topological polar surface area (TPSA) is 124 Å². The van der Waals surface area contributed by atoms with E-state index in [1.54, 1.807) is 36.5 Å². The van der Waals surface area contributed by atoms with Crippen LogP contribution in [0.3, 0.4) is 0 Å². The van der Waals surface area contributed by atoms with E-state index in [4.69, 9.17) is 4.74 Å². The standard InChI is InChI=1S/C27H32N6O4S/c1-4-37-25-20-13-15-32(38(35,36)19-11-7-17(2)8-12-19)24(20)30-26(31-25)29-21-16-28-33(23(21)18-9-10-18)22-6-5-14-27(22,3)34/h7-8,11-13,15-16,18,22,34H,4-6,9-10,14H2,1-3H3,(H,29,30,31). The molecule has 200 valence electrons. The Balaban J connectivity index is 1.43. The van der Waals surface area contributed by atoms with Crippen molar-refractivity contribution in [3.8, 4) is 5.88 Å². The number of hydrogen-bond acceptors (Lipinski definition) is 8. The average molecular weight is 537 g/mol. The van der Waals surface area contributed by atoms with E-state index in [1.807, 2.05) is 25.5 Å². The number of nitrogens with one attached hydrogen (secondary N) is 1. The molecule has 2 aliphatic rings. The van der Waals surface area contributed by atoms with Gasteiger partial charge in [-0.1, -0.05) is 17.7 Å². The smallest absolute Gasteiger partial charge is 0.269 e. The van der Waals surface area contributed by atoms with Crippen LogP contribution in [0.4, 0.5) is 11.6 Å². The molecule has 0 spiro atoms. The number of hydrogen-bond donors (Lipinski definition) is 2. The number of nitrogens with zero attached hydrogens (tertiary/aromatic N) is 5. The fourth-order valence-corrected chi connectivity index (χ4v) is 6.70. The van der Waals surface area contributed by atoms with Gasteiger partial charge in [0.2, 0.25) is 11.8 Å². The van der Waals surface area contributed by atoms with Crippen molar-refractivity contribution in [3.63, 3.8) is 0 Å². The van der Waals surface area contributed by atoms with Crippen LogP contribution in [0.15, 0.2) is 47.6 Å². The van der Waals surface area contributed by atoms with Crippen molar-refractivity contribution in [2.75, 3.05) is 11.9 Å². The molecule has 0 amide bonds. The summed E-state index contributed by atoms with van der Waals surface area (Å²) in [5.74, 6) is 0.869. The number of benzene rings is 1. The van der Waals surface area contributed by atoms with Gasteiger partial charge in [0.1, 0.15) is 0 Å². The largest absolute Gasteiger partial charge is 0.477 e. The van der Waals surface area contributed by atoms with Crippen molar-refractivity contribution >= 4 is 32.7 Å². The monoisotopic (exact) mass is 536 g/mol. The molecule has 2 aliphatic carbocycles. The number of anilines is 2. The maximum Gasteiger partial charge on any atom is 0.269 e. The maximum absolute atomic E-state index is 13.5. The fraction of sp³-hybridized carbons (Fsp3) is 0.444. The minimum Gasteiger partial charge on any atom is -0.477 e. The molecule has 4 aromatic rings. The van der Waals surface area contributed by atoms with E-state index in [9.17, 15) is 13.5 Å². The van der Waals surface area contributed by atoms with Gasteiger partial charge in [-0.3, -0.25) is 4.68 Å². The summed E-state index contributed by atoms with van der Waals surface area (Å²) in [6.07, 6.45) is 7.90. The predicted octanol–water partition coefficient (Wildman–Crippen LogP) is 4.67. The molecule has 1 aromatic carbocycles. The quantitative estimate of drug-likeness (QED) is 0.333. The van der Waals surface area contributed by atoms with Crippen molar-refractivity contribution in [1.82, 2.24) is 23.7 Å². The zero-order valence-electron chi connectivity index (χ0n) is 21.8. The van der Waals surface area contributed by atoms with E-state index in [0.717, 1.165) is 49.0 Å². The Hall–Kier alpha value is -3.44. The summed E-state index contributed by atoms with van der Waals surface area (Å²) in [5, 5.41) is 19.4. The highest BCUT2D eigenvalue weighted by Crippen LogP contribution is 2.48. The van der Waals surface area contributed by atoms with E-state index in [0.29, 0.717) is 23.8 Å². The molecule has 0 saturated heterocycles. The van der Waals surface area contributed by atoms with Gasteiger partial charge in [0.05, 0.1) is 46.1 Å². The Morgan fingerprint density at radius 1 is 1.16 bits per heavy atom. The summed E-state index contributed by atoms with van der Waals surface area (Å²) >= 11 is 0. The highest BCUT2D eigenvalue weighted by molar-refractivity contribution is 7.90. The molecule has 2 N–H and O–H groups in total. The summed E-state index contributed by atoms with van der Waals surface area (Å²) in [7, 11) is -3.89. The summed E-state index contributed by atoms with van der Waals surface area (Å²) in [6, 6.07) is 8.29. The average Bonchev–Trinajstić information content (AvgIpc) is 3.31. The SMILES string of the molecule is CCOc1nc(Nc2cnn(C3CCCC3(C)O)c2C2CC2)nc2c1ccn2S(=O)(=O)c1ccc(C)cc1. The molecule has 38 heavy (non-hydrogen) atoms. The Labute approximate surface area is 221 Å². The Bertz CT molecular complexity index is 1600. The first-order valence-corrected chi connectivity index (χ1v) is 14.5. The molecule has 6 rings (SSSR count). The number of fused-ring (bicyclic) bond motifs is 1. The molecule has 2 saturated carbocycles. The van der Waals surface area contributed by atoms with Gasteiger partial charge in [-0.05, 0) is 71.1 Å². The van der Waals surface area contributed by atoms with E-state index in [-0.39, 0.29) is 22.5 Å². The van der Waals surface area contributed by atoms with Crippen LogP contribution >= 0.6 is 0 Å². The molecular formula is C27H32N6O4S. The lowest BCUT2D eigenvalue weighted by atomic mass is 10.0. The number of aromatic nitrogens is 5. The van der Waals surface area contributed by atoms with Gasteiger partial charge in [-0.2, -0.15) is 15.1 Å². The lowest BCUT2D eigenvalue weighted by Gasteiger charge is -2.27. The van der Waals surface area contributed by atoms with Crippen molar-refractivity contribution in [1.29, 1.82) is 0 Å². The molecule has 11 heteroatoms. The van der Waals surface area contributed by atoms with Gasteiger partial charge in [0, 0.05) is 12.1 Å². The summed E-state index contributed by atoms with van der Waals surface area (Å²) in [6.45, 7) is 6.00. The van der Waals surface area contributed by atoms with Gasteiger partial charge >= 0.3 is 0 Å². The van der Waals surface area contributed by atoms with E-state index >= 15 is 0 Å². The lowest BCUT2D eigenvalue weighted by Crippen LogP contribution is -2.32. The minimum atomic E-state index is -3.89. The van der Waals surface area contributed by atoms with Crippen LogP contribution in [0.5, 0.6) is 5.88 Å². The molecular weight excluding hydrogens is 504 g/mol. The maximum atomic E-state index is 13.5. The van der Waals surface area contributed by atoms with Crippen LogP contribution in [0.2, 0.25) is 0 Å². The third kappa shape index (κ3) is 4.23. The predicted molar refractivity (Wildman–Crippen MR) is 143 cm³/mol. The van der Waals surface area contributed by atoms with Gasteiger partial charge in [-0.15, -0.1) is 0 Å². The second kappa shape index (κ2) is 9.09. The molecule has 3 aromatic heterocycles. The van der Waals surface area contributed by atoms with Crippen LogP contribution in [-0.2, 0) is 10.0 Å². The summed E-state index contributed by atoms with van der Waals surface area (Å²) < 4.78 is 36.0. The van der Waals surface area contributed by atoms with Gasteiger partial charge in [0.25, 0.3) is 10.0 Å². The molecule has 0 bridgehead atoms. The Morgan fingerprint density at radius 2 is 1.92 bits per heavy atom. The highest BCUT2D eigenvalue weighted by atomic mass is 32.2. The minimum absolute atomic E-state index is 0.0899. The molecule has 10 nitrogen and oxygen atoms in total. The normalized spacial score (nSPS) is 21.7.